The topological polar surface area (TPSA) is 71.5 Å². The lowest BCUT2D eigenvalue weighted by Crippen LogP contribution is -2.38. The number of nitrogens with zero attached hydrogens (tertiary/aromatic N) is 2. The minimum atomic E-state index is -0.0254. The van der Waals surface area contributed by atoms with E-state index in [1.165, 1.54) is 0 Å². The van der Waals surface area contributed by atoms with Crippen LogP contribution in [-0.4, -0.2) is 47.9 Å². The lowest BCUT2D eigenvalue weighted by Gasteiger charge is -2.32. The smallest absolute Gasteiger partial charge is 0.257 e. The maximum atomic E-state index is 12.9. The second-order valence-corrected chi connectivity index (χ2v) is 7.90. The Labute approximate surface area is 171 Å². The van der Waals surface area contributed by atoms with Gasteiger partial charge < -0.3 is 15.0 Å². The number of methoxy groups -OCH3 is 1. The Morgan fingerprint density at radius 2 is 1.76 bits per heavy atom. The van der Waals surface area contributed by atoms with Gasteiger partial charge in [0, 0.05) is 30.7 Å². The molecule has 1 aromatic heterocycles. The van der Waals surface area contributed by atoms with Crippen LogP contribution in [0.15, 0.2) is 36.4 Å². The summed E-state index contributed by atoms with van der Waals surface area (Å²) in [5.74, 6) is 0.739. The number of amides is 2. The minimum Gasteiger partial charge on any atom is -0.496 e. The fourth-order valence-corrected chi connectivity index (χ4v) is 3.92. The van der Waals surface area contributed by atoms with Gasteiger partial charge in [-0.05, 0) is 56.9 Å². The molecule has 152 valence electrons. The highest BCUT2D eigenvalue weighted by atomic mass is 16.5. The fourth-order valence-electron chi connectivity index (χ4n) is 3.92. The molecule has 0 bridgehead atoms. The molecule has 0 atom stereocenters. The van der Waals surface area contributed by atoms with E-state index in [1.54, 1.807) is 19.2 Å². The summed E-state index contributed by atoms with van der Waals surface area (Å²) in [7, 11) is 1.58. The number of hydrogen-bond donors (Lipinski definition) is 1. The molecule has 1 saturated carbocycles. The van der Waals surface area contributed by atoms with Crippen LogP contribution in [0.3, 0.4) is 0 Å². The summed E-state index contributed by atoms with van der Waals surface area (Å²) in [5, 5.41) is 3.07. The molecule has 1 aliphatic carbocycles. The van der Waals surface area contributed by atoms with Crippen molar-refractivity contribution in [3.8, 4) is 5.75 Å². The van der Waals surface area contributed by atoms with Crippen LogP contribution in [0.1, 0.15) is 63.7 Å². The Balaban J connectivity index is 1.47. The molecule has 2 heterocycles. The van der Waals surface area contributed by atoms with E-state index in [9.17, 15) is 9.59 Å². The molecule has 29 heavy (non-hydrogen) atoms. The first kappa shape index (κ1) is 19.4. The number of ether oxygens (including phenoxy) is 1. The van der Waals surface area contributed by atoms with Crippen LogP contribution in [0.5, 0.6) is 5.75 Å². The van der Waals surface area contributed by atoms with Crippen molar-refractivity contribution < 1.29 is 14.3 Å². The van der Waals surface area contributed by atoms with E-state index in [0.717, 1.165) is 37.1 Å². The molecule has 2 fully saturated rings. The van der Waals surface area contributed by atoms with Crippen molar-refractivity contribution in [2.45, 2.75) is 44.6 Å². The predicted octanol–water partition coefficient (Wildman–Crippen LogP) is 3.31. The first-order valence-corrected chi connectivity index (χ1v) is 10.3. The minimum absolute atomic E-state index is 0.00944. The highest BCUT2D eigenvalue weighted by Gasteiger charge is 2.30. The monoisotopic (exact) mass is 393 g/mol. The third-order valence-corrected chi connectivity index (χ3v) is 5.73. The van der Waals surface area contributed by atoms with Crippen molar-refractivity contribution in [2.24, 2.45) is 0 Å². The van der Waals surface area contributed by atoms with E-state index in [0.29, 0.717) is 36.0 Å². The van der Waals surface area contributed by atoms with Crippen LogP contribution >= 0.6 is 0 Å². The van der Waals surface area contributed by atoms with E-state index in [-0.39, 0.29) is 17.7 Å². The molecule has 2 aliphatic rings. The van der Waals surface area contributed by atoms with Gasteiger partial charge in [0.05, 0.1) is 23.9 Å². The molecule has 4 rings (SSSR count). The molecule has 0 radical (unpaired) electrons. The summed E-state index contributed by atoms with van der Waals surface area (Å²) in [6.07, 6.45) is 3.70. The number of carbonyl (C=O) groups is 2. The second kappa shape index (κ2) is 8.23. The van der Waals surface area contributed by atoms with Gasteiger partial charge in [-0.3, -0.25) is 14.6 Å². The van der Waals surface area contributed by atoms with Gasteiger partial charge in [-0.2, -0.15) is 0 Å². The molecular weight excluding hydrogens is 366 g/mol. The van der Waals surface area contributed by atoms with E-state index >= 15 is 0 Å². The summed E-state index contributed by atoms with van der Waals surface area (Å²) >= 11 is 0. The van der Waals surface area contributed by atoms with Gasteiger partial charge in [0.25, 0.3) is 11.8 Å². The molecule has 1 saturated heterocycles. The van der Waals surface area contributed by atoms with Gasteiger partial charge >= 0.3 is 0 Å². The van der Waals surface area contributed by atoms with Crippen molar-refractivity contribution in [1.29, 1.82) is 0 Å². The average Bonchev–Trinajstić information content (AvgIpc) is 3.57. The predicted molar refractivity (Wildman–Crippen MR) is 110 cm³/mol. The van der Waals surface area contributed by atoms with Crippen LogP contribution in [0, 0.1) is 6.92 Å². The van der Waals surface area contributed by atoms with Crippen molar-refractivity contribution >= 4 is 11.8 Å². The fraction of sp³-hybridized carbons (Fsp3) is 0.435. The quantitative estimate of drug-likeness (QED) is 0.846. The zero-order valence-corrected chi connectivity index (χ0v) is 17.0. The van der Waals surface area contributed by atoms with Gasteiger partial charge in [-0.25, -0.2) is 0 Å². The number of likely N-dealkylation sites (tertiary alicyclic amines) is 1. The Bertz CT molecular complexity index is 915. The number of nitrogens with one attached hydrogen (secondary N) is 1. The second-order valence-electron chi connectivity index (χ2n) is 7.90. The lowest BCUT2D eigenvalue weighted by molar-refractivity contribution is 0.0707. The molecule has 0 unspecified atom stereocenters. The van der Waals surface area contributed by atoms with Crippen molar-refractivity contribution in [2.75, 3.05) is 20.2 Å². The number of rotatable bonds is 5. The van der Waals surface area contributed by atoms with E-state index in [2.05, 4.69) is 5.32 Å². The normalized spacial score (nSPS) is 17.1. The molecule has 2 amide bonds. The largest absolute Gasteiger partial charge is 0.496 e. The molecular formula is C23H27N3O3. The molecule has 0 spiro atoms. The molecule has 1 aliphatic heterocycles. The van der Waals surface area contributed by atoms with Crippen molar-refractivity contribution in [1.82, 2.24) is 15.2 Å². The molecule has 1 N–H and O–H groups in total. The highest BCUT2D eigenvalue weighted by molar-refractivity contribution is 5.97. The van der Waals surface area contributed by atoms with Gasteiger partial charge in [0.2, 0.25) is 0 Å². The molecule has 6 nitrogen and oxygen atoms in total. The standard InChI is InChI=1S/C23H27N3O3/c1-15-7-10-19(22(27)25-17-8-9-17)21(24-15)16-11-13-26(14-12-16)23(28)18-5-3-4-6-20(18)29-2/h3-7,10,16-17H,8-9,11-14H2,1-2H3,(H,25,27). The number of aryl methyl sites for hydroxylation is 1. The van der Waals surface area contributed by atoms with Gasteiger partial charge in [0.15, 0.2) is 0 Å². The van der Waals surface area contributed by atoms with E-state index in [4.69, 9.17) is 9.72 Å². The Kier molecular flexibility index (Phi) is 5.51. The molecule has 6 heteroatoms. The summed E-state index contributed by atoms with van der Waals surface area (Å²) in [6.45, 7) is 3.23. The molecule has 1 aromatic carbocycles. The first-order chi connectivity index (χ1) is 14.1. The number of hydrogen-bond acceptors (Lipinski definition) is 4. The maximum absolute atomic E-state index is 12.9. The lowest BCUT2D eigenvalue weighted by atomic mass is 9.89. The third kappa shape index (κ3) is 4.26. The number of carbonyl (C=O) groups excluding carboxylic acids is 2. The van der Waals surface area contributed by atoms with Gasteiger partial charge in [-0.15, -0.1) is 0 Å². The Morgan fingerprint density at radius 1 is 1.03 bits per heavy atom. The maximum Gasteiger partial charge on any atom is 0.257 e. The Hall–Kier alpha value is -2.89. The summed E-state index contributed by atoms with van der Waals surface area (Å²) in [6, 6.07) is 11.4. The number of pyridine rings is 1. The Morgan fingerprint density at radius 3 is 2.45 bits per heavy atom. The molecule has 2 aromatic rings. The number of piperidine rings is 1. The third-order valence-electron chi connectivity index (χ3n) is 5.73. The van der Waals surface area contributed by atoms with E-state index in [1.807, 2.05) is 36.1 Å². The van der Waals surface area contributed by atoms with Crippen LogP contribution in [0.4, 0.5) is 0 Å². The SMILES string of the molecule is COc1ccccc1C(=O)N1CCC(c2nc(C)ccc2C(=O)NC2CC2)CC1. The van der Waals surface area contributed by atoms with Crippen LogP contribution in [-0.2, 0) is 0 Å². The zero-order chi connectivity index (χ0) is 20.4. The number of aromatic nitrogens is 1. The van der Waals surface area contributed by atoms with Crippen LogP contribution in [0.2, 0.25) is 0 Å². The van der Waals surface area contributed by atoms with Gasteiger partial charge in [-0.1, -0.05) is 12.1 Å². The van der Waals surface area contributed by atoms with Crippen LogP contribution in [0.25, 0.3) is 0 Å². The highest BCUT2D eigenvalue weighted by Crippen LogP contribution is 2.31. The summed E-state index contributed by atoms with van der Waals surface area (Å²) < 4.78 is 5.34. The number of benzene rings is 1. The number of para-hydroxylation sites is 1. The van der Waals surface area contributed by atoms with E-state index < -0.39 is 0 Å². The van der Waals surface area contributed by atoms with Crippen molar-refractivity contribution in [3.05, 3.63) is 58.9 Å². The average molecular weight is 393 g/mol. The summed E-state index contributed by atoms with van der Waals surface area (Å²) in [4.78, 5) is 32.2. The zero-order valence-electron chi connectivity index (χ0n) is 17.0. The van der Waals surface area contributed by atoms with Crippen LogP contribution < -0.4 is 10.1 Å². The summed E-state index contributed by atoms with van der Waals surface area (Å²) in [5.41, 5.74) is 3.05. The van der Waals surface area contributed by atoms with Crippen molar-refractivity contribution in [3.63, 3.8) is 0 Å². The first-order valence-electron chi connectivity index (χ1n) is 10.3. The van der Waals surface area contributed by atoms with Gasteiger partial charge in [0.1, 0.15) is 5.75 Å².